The summed E-state index contributed by atoms with van der Waals surface area (Å²) < 4.78 is 0. The third-order valence-corrected chi connectivity index (χ3v) is 7.12. The fourth-order valence-electron chi connectivity index (χ4n) is 3.46. The number of rotatable bonds is 3. The molecule has 0 saturated carbocycles. The number of halogens is 1. The van der Waals surface area contributed by atoms with Crippen LogP contribution in [0.25, 0.3) is 0 Å². The number of thioether (sulfide) groups is 1. The molecule has 2 aromatic rings. The molecule has 0 spiro atoms. The first-order valence-electron chi connectivity index (χ1n) is 9.19. The lowest BCUT2D eigenvalue weighted by Gasteiger charge is -2.30. The molecule has 3 heterocycles. The van der Waals surface area contributed by atoms with E-state index in [1.165, 1.54) is 11.3 Å². The summed E-state index contributed by atoms with van der Waals surface area (Å²) in [6, 6.07) is 10.5. The van der Waals surface area contributed by atoms with Crippen LogP contribution in [0.3, 0.4) is 0 Å². The first-order chi connectivity index (χ1) is 13.5. The van der Waals surface area contributed by atoms with Crippen LogP contribution in [-0.2, 0) is 4.79 Å². The number of hydrogen-bond acceptors (Lipinski definition) is 5. The lowest BCUT2D eigenvalue weighted by molar-refractivity contribution is -0.121. The van der Waals surface area contributed by atoms with Gasteiger partial charge in [-0.15, -0.1) is 11.3 Å². The smallest absolute Gasteiger partial charge is 0.264 e. The number of amidine groups is 1. The highest BCUT2D eigenvalue weighted by Crippen LogP contribution is 2.31. The van der Waals surface area contributed by atoms with Gasteiger partial charge in [-0.2, -0.15) is 0 Å². The van der Waals surface area contributed by atoms with Crippen LogP contribution < -0.4 is 4.90 Å². The highest BCUT2D eigenvalue weighted by molar-refractivity contribution is 8.14. The normalized spacial score (nSPS) is 21.6. The Hall–Kier alpha value is -1.83. The van der Waals surface area contributed by atoms with Crippen molar-refractivity contribution < 1.29 is 9.59 Å². The fourth-order valence-corrected chi connectivity index (χ4v) is 5.31. The predicted molar refractivity (Wildman–Crippen MR) is 117 cm³/mol. The van der Waals surface area contributed by atoms with Crippen LogP contribution in [0, 0.1) is 0 Å². The number of hydrogen-bond donors (Lipinski definition) is 0. The molecule has 2 atom stereocenters. The second-order valence-corrected chi connectivity index (χ2v) is 9.23. The third-order valence-electron chi connectivity index (χ3n) is 4.81. The number of carbonyl (C=O) groups excluding carboxylic acids is 2. The molecule has 0 aliphatic carbocycles. The molecule has 8 heteroatoms. The summed E-state index contributed by atoms with van der Waals surface area (Å²) in [6.07, 6.45) is 1.48. The van der Waals surface area contributed by atoms with Crippen LogP contribution >= 0.6 is 34.7 Å². The number of carbonyl (C=O) groups is 2. The summed E-state index contributed by atoms with van der Waals surface area (Å²) >= 11 is 9.01. The average Bonchev–Trinajstić information content (AvgIpc) is 3.44. The lowest BCUT2D eigenvalue weighted by atomic mass is 10.1. The quantitative estimate of drug-likeness (QED) is 0.714. The zero-order valence-corrected chi connectivity index (χ0v) is 17.8. The highest BCUT2D eigenvalue weighted by atomic mass is 35.5. The van der Waals surface area contributed by atoms with Gasteiger partial charge in [0.2, 0.25) is 0 Å². The molecular weight excluding hydrogens is 414 g/mol. The number of nitrogens with zero attached hydrogens (tertiary/aromatic N) is 3. The van der Waals surface area contributed by atoms with Gasteiger partial charge in [-0.25, -0.2) is 0 Å². The van der Waals surface area contributed by atoms with Crippen molar-refractivity contribution in [3.05, 3.63) is 51.7 Å². The van der Waals surface area contributed by atoms with E-state index in [2.05, 4.69) is 4.99 Å². The Morgan fingerprint density at radius 3 is 2.68 bits per heavy atom. The average molecular weight is 434 g/mol. The zero-order valence-electron chi connectivity index (χ0n) is 15.4. The summed E-state index contributed by atoms with van der Waals surface area (Å²) in [5.74, 6) is 0.663. The van der Waals surface area contributed by atoms with Crippen molar-refractivity contribution in [2.24, 2.45) is 4.99 Å². The molecule has 2 amide bonds. The summed E-state index contributed by atoms with van der Waals surface area (Å²) in [6.45, 7) is 2.63. The van der Waals surface area contributed by atoms with Crippen molar-refractivity contribution in [3.63, 3.8) is 0 Å². The molecule has 0 bridgehead atoms. The maximum absolute atomic E-state index is 13.6. The van der Waals surface area contributed by atoms with Crippen molar-refractivity contribution in [1.82, 2.24) is 4.90 Å². The molecule has 1 aromatic carbocycles. The van der Waals surface area contributed by atoms with E-state index in [0.717, 1.165) is 17.9 Å². The lowest BCUT2D eigenvalue weighted by Crippen LogP contribution is -2.49. The first-order valence-corrected chi connectivity index (χ1v) is 11.4. The van der Waals surface area contributed by atoms with Gasteiger partial charge in [0.1, 0.15) is 6.04 Å². The van der Waals surface area contributed by atoms with Crippen LogP contribution in [-0.4, -0.2) is 46.3 Å². The summed E-state index contributed by atoms with van der Waals surface area (Å²) in [4.78, 5) is 35.2. The Morgan fingerprint density at radius 1 is 1.25 bits per heavy atom. The molecule has 5 nitrogen and oxygen atoms in total. The minimum Gasteiger partial charge on any atom is -0.326 e. The third kappa shape index (κ3) is 3.83. The first kappa shape index (κ1) is 19.5. The second kappa shape index (κ2) is 8.27. The van der Waals surface area contributed by atoms with E-state index in [1.54, 1.807) is 33.7 Å². The van der Waals surface area contributed by atoms with Crippen molar-refractivity contribution in [1.29, 1.82) is 0 Å². The Bertz CT molecular complexity index is 899. The topological polar surface area (TPSA) is 53.0 Å². The molecule has 1 fully saturated rings. The Kier molecular flexibility index (Phi) is 5.75. The van der Waals surface area contributed by atoms with Gasteiger partial charge >= 0.3 is 0 Å². The second-order valence-electron chi connectivity index (χ2n) is 6.86. The van der Waals surface area contributed by atoms with Crippen molar-refractivity contribution in [2.45, 2.75) is 31.8 Å². The summed E-state index contributed by atoms with van der Waals surface area (Å²) in [5.41, 5.74) is 0.727. The molecule has 0 radical (unpaired) electrons. The van der Waals surface area contributed by atoms with E-state index < -0.39 is 6.04 Å². The van der Waals surface area contributed by atoms with Crippen molar-refractivity contribution >= 4 is 57.4 Å². The molecule has 0 unspecified atom stereocenters. The molecule has 1 saturated heterocycles. The summed E-state index contributed by atoms with van der Waals surface area (Å²) in [7, 11) is 0. The van der Waals surface area contributed by atoms with Crippen LogP contribution in [0.2, 0.25) is 5.02 Å². The maximum Gasteiger partial charge on any atom is 0.264 e. The highest BCUT2D eigenvalue weighted by Gasteiger charge is 2.40. The van der Waals surface area contributed by atoms with E-state index in [1.807, 2.05) is 36.6 Å². The van der Waals surface area contributed by atoms with Gasteiger partial charge in [0.05, 0.1) is 16.6 Å². The number of thiophene rings is 1. The molecule has 1 aromatic heterocycles. The number of likely N-dealkylation sites (tertiary alicyclic amines) is 1. The number of amides is 2. The number of benzene rings is 1. The number of anilines is 1. The van der Waals surface area contributed by atoms with Gasteiger partial charge in [-0.3, -0.25) is 19.5 Å². The van der Waals surface area contributed by atoms with Gasteiger partial charge in [0.15, 0.2) is 5.17 Å². The Morgan fingerprint density at radius 2 is 2.04 bits per heavy atom. The largest absolute Gasteiger partial charge is 0.326 e. The van der Waals surface area contributed by atoms with Gasteiger partial charge < -0.3 is 4.90 Å². The molecule has 146 valence electrons. The molecule has 4 rings (SSSR count). The van der Waals surface area contributed by atoms with Gasteiger partial charge in [-0.05, 0) is 55.5 Å². The van der Waals surface area contributed by atoms with Crippen LogP contribution in [0.5, 0.6) is 0 Å². The Labute approximate surface area is 177 Å². The molecule has 0 N–H and O–H groups in total. The minimum atomic E-state index is -0.482. The monoisotopic (exact) mass is 433 g/mol. The Balaban J connectivity index is 1.65. The van der Waals surface area contributed by atoms with Crippen LogP contribution in [0.15, 0.2) is 46.8 Å². The van der Waals surface area contributed by atoms with Gasteiger partial charge in [0, 0.05) is 17.3 Å². The standard InChI is InChI=1S/C20H20ClN3O2S2/c1-13-12-28-20(22-13)24(15-8-6-14(21)7-9-15)18(25)16-4-2-10-23(16)19(26)17-5-3-11-27-17/h3,5-9,11,13,16H,2,4,10,12H2,1H3/t13-,16+/m0/s1. The number of aliphatic imine (C=N–C) groups is 1. The SMILES string of the molecule is C[C@H]1CSC(N(C(=O)[C@H]2CCCN2C(=O)c2cccs2)c2ccc(Cl)cc2)=N1. The van der Waals surface area contributed by atoms with E-state index in [-0.39, 0.29) is 17.9 Å². The van der Waals surface area contributed by atoms with Gasteiger partial charge in [0.25, 0.3) is 11.8 Å². The molecular formula is C20H20ClN3O2S2. The fraction of sp³-hybridized carbons (Fsp3) is 0.350. The van der Waals surface area contributed by atoms with Crippen LogP contribution in [0.4, 0.5) is 5.69 Å². The molecule has 2 aliphatic heterocycles. The maximum atomic E-state index is 13.6. The van der Waals surface area contributed by atoms with Gasteiger partial charge in [-0.1, -0.05) is 29.4 Å². The minimum absolute atomic E-state index is 0.0729. The van der Waals surface area contributed by atoms with E-state index in [9.17, 15) is 9.59 Å². The molecule has 28 heavy (non-hydrogen) atoms. The molecule has 2 aliphatic rings. The van der Waals surface area contributed by atoms with E-state index in [4.69, 9.17) is 11.6 Å². The predicted octanol–water partition coefficient (Wildman–Crippen LogP) is 4.53. The zero-order chi connectivity index (χ0) is 19.7. The van der Waals surface area contributed by atoms with Crippen molar-refractivity contribution in [3.8, 4) is 0 Å². The van der Waals surface area contributed by atoms with E-state index in [0.29, 0.717) is 28.0 Å². The summed E-state index contributed by atoms with van der Waals surface area (Å²) in [5, 5.41) is 3.18. The van der Waals surface area contributed by atoms with Crippen molar-refractivity contribution in [2.75, 3.05) is 17.2 Å². The van der Waals surface area contributed by atoms with E-state index >= 15 is 0 Å². The van der Waals surface area contributed by atoms with Crippen LogP contribution in [0.1, 0.15) is 29.4 Å².